The number of pyridine rings is 2. The zero-order valence-corrected chi connectivity index (χ0v) is 75.4. The fourth-order valence-electron chi connectivity index (χ4n) is 13.9. The van der Waals surface area contributed by atoms with Crippen molar-refractivity contribution in [3.63, 3.8) is 0 Å². The number of likely N-dealkylation sites (tertiary alicyclic amines) is 2. The van der Waals surface area contributed by atoms with Crippen LogP contribution in [0.5, 0.6) is 0 Å². The Kier molecular flexibility index (Phi) is 49.0. The van der Waals surface area contributed by atoms with E-state index in [1.54, 1.807) is 32.3 Å². The van der Waals surface area contributed by atoms with E-state index in [1.807, 2.05) is 63.5 Å². The molecule has 6 aliphatic heterocycles. The minimum atomic E-state index is -0.921. The number of aromatic nitrogens is 2. The number of ketones is 1. The summed E-state index contributed by atoms with van der Waals surface area (Å²) in [6.07, 6.45) is 19.3. The van der Waals surface area contributed by atoms with Crippen LogP contribution >= 0.6 is 51.7 Å². The summed E-state index contributed by atoms with van der Waals surface area (Å²) in [5, 5.41) is 23.1. The molecule has 4 amide bonds. The number of halogens is 3. The number of nitrogens with one attached hydrogen (secondary N) is 4. The predicted octanol–water partition coefficient (Wildman–Crippen LogP) is 15.3. The van der Waals surface area contributed by atoms with Crippen LogP contribution in [0.3, 0.4) is 0 Å². The highest BCUT2D eigenvalue weighted by Crippen LogP contribution is 2.25. The van der Waals surface area contributed by atoms with Gasteiger partial charge in [0.05, 0.1) is 5.56 Å². The maximum atomic E-state index is 12.7. The fraction of sp³-hybridized carbons (Fsp3) is 0.551. The van der Waals surface area contributed by atoms with Crippen LogP contribution in [0.15, 0.2) is 134 Å². The summed E-state index contributed by atoms with van der Waals surface area (Å²) in [4.78, 5) is 88.6. The van der Waals surface area contributed by atoms with Crippen LogP contribution in [0.25, 0.3) is 0 Å². The molecule has 0 spiro atoms. The Morgan fingerprint density at radius 2 is 0.983 bits per heavy atom. The van der Waals surface area contributed by atoms with Gasteiger partial charge in [0, 0.05) is 152 Å². The predicted molar refractivity (Wildman–Crippen MR) is 481 cm³/mol. The lowest BCUT2D eigenvalue weighted by Gasteiger charge is -2.32. The second kappa shape index (κ2) is 57.1. The van der Waals surface area contributed by atoms with E-state index in [-0.39, 0.29) is 49.7 Å². The molecule has 12 rings (SSSR count). The normalized spacial score (nSPS) is 15.2. The van der Waals surface area contributed by atoms with Gasteiger partial charge in [-0.1, -0.05) is 129 Å². The number of ether oxygens (including phenoxy) is 2. The summed E-state index contributed by atoms with van der Waals surface area (Å²) < 4.78 is 19.3. The number of rotatable bonds is 24. The number of fused-ring (bicyclic) bond motifs is 4. The number of amides is 4. The number of Topliss-reactive ketones (excluding diaryl/α,β-unsaturated/α-hetero) is 1. The molecule has 2 aromatic heterocycles. The van der Waals surface area contributed by atoms with Crippen molar-refractivity contribution in [3.8, 4) is 0 Å². The molecule has 4 aromatic carbocycles. The number of piperidine rings is 2. The first-order chi connectivity index (χ1) is 56.2. The Balaban J connectivity index is 0.000000254. The maximum absolute atomic E-state index is 12.7. The number of anilines is 1. The van der Waals surface area contributed by atoms with Crippen molar-refractivity contribution >= 4 is 99.6 Å². The Hall–Kier alpha value is -7.23. The van der Waals surface area contributed by atoms with Gasteiger partial charge in [-0.2, -0.15) is 11.5 Å². The summed E-state index contributed by atoms with van der Waals surface area (Å²) >= 11 is 11.2. The lowest BCUT2D eigenvalue weighted by atomic mass is 9.91. The molecule has 0 aliphatic carbocycles. The van der Waals surface area contributed by atoms with Gasteiger partial charge in [-0.25, -0.2) is 19.4 Å². The van der Waals surface area contributed by atoms with Gasteiger partial charge in [-0.05, 0) is 245 Å². The van der Waals surface area contributed by atoms with Crippen LogP contribution in [0.1, 0.15) is 197 Å². The third kappa shape index (κ3) is 42.5. The minimum absolute atomic E-state index is 0.111. The average Bonchev–Trinajstić information content (AvgIpc) is 0.868. The van der Waals surface area contributed by atoms with Crippen LogP contribution in [0.4, 0.5) is 15.4 Å². The first kappa shape index (κ1) is 100. The van der Waals surface area contributed by atoms with Gasteiger partial charge in [0.15, 0.2) is 5.78 Å². The number of aromatic carboxylic acids is 1. The van der Waals surface area contributed by atoms with Gasteiger partial charge in [-0.15, -0.1) is 0 Å². The van der Waals surface area contributed by atoms with E-state index in [4.69, 9.17) is 42.1 Å². The van der Waals surface area contributed by atoms with Crippen LogP contribution in [-0.2, 0) is 81.9 Å². The Morgan fingerprint density at radius 1 is 0.556 bits per heavy atom. The van der Waals surface area contributed by atoms with Gasteiger partial charge in [0.25, 0.3) is 0 Å². The summed E-state index contributed by atoms with van der Waals surface area (Å²) in [6.45, 7) is 32.3. The van der Waals surface area contributed by atoms with Crippen LogP contribution in [-0.4, -0.2) is 208 Å². The molecule has 1 radical (unpaired) electrons. The molecule has 9 N–H and O–H groups in total. The molecule has 28 heteroatoms. The SMILES string of the molecule is CC(=O)N1CCC(Cc2cc(C(=O)O)ccn2)CC1.CC(=O)N1CCC(Nc2cc(C(=O)CCCCN3CCc4ccccc4C3)ccn2)CC1.CC(C)(C)OC(=O)NCCCBr.CC(C)(C)OC(=O)NCCCN1CCc2ccccc2C1.NCCCBr.NCCCN1CCc2ccccc2C1.O=P[B]Cl.c1ccc2c(c1)CCNC2. The number of benzene rings is 4. The number of carbonyl (C=O) groups is 6. The van der Waals surface area contributed by atoms with Crippen molar-refractivity contribution in [1.82, 2.24) is 50.4 Å². The smallest absolute Gasteiger partial charge is 0.407 e. The molecular formula is C89H131BBr2ClN13O10P. The average molecular weight is 1780 g/mol. The lowest BCUT2D eigenvalue weighted by molar-refractivity contribution is -0.130. The maximum Gasteiger partial charge on any atom is 0.407 e. The van der Waals surface area contributed by atoms with Crippen LogP contribution in [0.2, 0.25) is 0 Å². The van der Waals surface area contributed by atoms with E-state index in [9.17, 15) is 28.8 Å². The molecule has 641 valence electrons. The van der Waals surface area contributed by atoms with Gasteiger partial charge in [0.1, 0.15) is 25.4 Å². The molecular weight excluding hydrogens is 1650 g/mol. The molecule has 8 heterocycles. The highest BCUT2D eigenvalue weighted by Gasteiger charge is 2.25. The topological polar surface area (TPSA) is 300 Å². The standard InChI is InChI=1S/C26H34N4O2.C17H26N2O2.C14H18N2O3.C12H18N2.C9H11N.C8H16BrNO2.C3H8BrN.BClOP/c1-20(31)30-16-11-24(12-17-30)28-26-18-22(9-13-27-26)25(32)8-4-5-14-29-15-10-21-6-2-3-7-23(21)19-29;1-17(2,3)21-16(20)18-10-6-11-19-12-9-14-7-4-5-8-15(14)13-19;1-10(17)16-6-3-11(4-7-16)8-13-9-12(14(18)19)2-5-15-13;13-7-3-8-14-9-6-11-4-1-2-5-12(11)10-14;1-2-4-9-7-10-6-5-8(9)3-1;1-8(2,3)12-7(11)10-6-4-5-9;4-2-1-3-5;2-1-4-3/h2-3,6-7,9,13,18,24H,4-5,8,10-12,14-17,19H2,1H3,(H,27,28);4-5,7-8H,6,9-13H2,1-3H3,(H,18,20);2,5,9,11H,3-4,6-8H2,1H3,(H,18,19);1-2,4-5H,3,6-10,13H2;1-4,10H,5-7H2;4-6H2,1-3H3,(H,10,11);1-3,5H2;. The van der Waals surface area contributed by atoms with Crippen molar-refractivity contribution in [2.24, 2.45) is 17.4 Å². The number of carboxylic acids is 1. The third-order valence-electron chi connectivity index (χ3n) is 20.1. The molecule has 0 atom stereocenters. The van der Waals surface area contributed by atoms with Gasteiger partial charge >= 0.3 is 24.6 Å². The van der Waals surface area contributed by atoms with E-state index in [0.717, 1.165) is 222 Å². The van der Waals surface area contributed by atoms with Crippen molar-refractivity contribution in [1.29, 1.82) is 0 Å². The van der Waals surface area contributed by atoms with Gasteiger partial charge in [-0.3, -0.25) is 38.6 Å². The zero-order valence-electron chi connectivity index (χ0n) is 70.6. The summed E-state index contributed by atoms with van der Waals surface area (Å²) in [7, 11) is -0.111. The van der Waals surface area contributed by atoms with E-state index in [2.05, 4.69) is 175 Å². The highest BCUT2D eigenvalue weighted by molar-refractivity contribution is 9.09. The number of unbranched alkanes of at least 4 members (excludes halogenated alkanes) is 1. The van der Waals surface area contributed by atoms with Crippen molar-refractivity contribution in [3.05, 3.63) is 195 Å². The Morgan fingerprint density at radius 3 is 1.42 bits per heavy atom. The Bertz CT molecular complexity index is 3880. The Labute approximate surface area is 721 Å². The molecule has 6 aromatic rings. The lowest BCUT2D eigenvalue weighted by Crippen LogP contribution is -2.41. The second-order valence-corrected chi connectivity index (χ2v) is 34.3. The first-order valence-electron chi connectivity index (χ1n) is 41.5. The van der Waals surface area contributed by atoms with Crippen molar-refractivity contribution in [2.45, 2.75) is 202 Å². The van der Waals surface area contributed by atoms with E-state index in [1.165, 1.54) is 70.0 Å². The van der Waals surface area contributed by atoms with E-state index in [0.29, 0.717) is 25.4 Å². The summed E-state index contributed by atoms with van der Waals surface area (Å²) in [5.41, 5.74) is 23.5. The quantitative estimate of drug-likeness (QED) is 0.00974. The number of nitrogens with zero attached hydrogens (tertiary/aromatic N) is 7. The number of alkyl carbamates (subject to hydrolysis) is 2. The summed E-state index contributed by atoms with van der Waals surface area (Å²) in [5.74, 6) is 0.765. The number of nitrogens with two attached hydrogens (primary N) is 2. The number of alkyl halides is 2. The van der Waals surface area contributed by atoms with E-state index >= 15 is 0 Å². The molecule has 2 fully saturated rings. The number of carboxylic acid groups (broad SMARTS) is 1. The molecule has 117 heavy (non-hydrogen) atoms. The zero-order chi connectivity index (χ0) is 85.2. The van der Waals surface area contributed by atoms with Crippen molar-refractivity contribution < 1.29 is 47.9 Å². The summed E-state index contributed by atoms with van der Waals surface area (Å²) in [6, 6.07) is 41.8. The number of hydrogen-bond acceptors (Lipinski definition) is 18. The molecule has 23 nitrogen and oxygen atoms in total. The first-order valence-corrected chi connectivity index (χ1v) is 45.1. The van der Waals surface area contributed by atoms with Crippen molar-refractivity contribution in [2.75, 3.05) is 114 Å². The van der Waals surface area contributed by atoms with Gasteiger partial charge < -0.3 is 57.1 Å². The van der Waals surface area contributed by atoms with Crippen LogP contribution in [0, 0.1) is 5.92 Å². The molecule has 2 saturated heterocycles. The second-order valence-electron chi connectivity index (χ2n) is 31.7. The van der Waals surface area contributed by atoms with E-state index < -0.39 is 17.2 Å². The molecule has 0 saturated carbocycles. The number of carbonyl (C=O) groups excluding carboxylic acids is 5. The fourth-order valence-corrected chi connectivity index (χ4v) is 14.5. The monoisotopic (exact) mass is 1780 g/mol. The molecule has 6 aliphatic rings. The minimum Gasteiger partial charge on any atom is -0.478 e. The molecule has 0 bridgehead atoms. The largest absolute Gasteiger partial charge is 0.478 e. The van der Waals surface area contributed by atoms with Crippen LogP contribution < -0.4 is 32.7 Å². The molecule has 0 unspecified atom stereocenters. The van der Waals surface area contributed by atoms with Gasteiger partial charge in [0.2, 0.25) is 11.8 Å². The third-order valence-corrected chi connectivity index (χ3v) is 21.6. The number of hydrogen-bond donors (Lipinski definition) is 7. The highest BCUT2D eigenvalue weighted by atomic mass is 79.9.